The summed E-state index contributed by atoms with van der Waals surface area (Å²) in [7, 11) is 0. The van der Waals surface area contributed by atoms with Crippen LogP contribution in [0.4, 0.5) is 4.79 Å². The number of alkyl carbamates (subject to hydrolysis) is 1. The number of carboxylic acid groups (broad SMARTS) is 2. The smallest absolute Gasteiger partial charge is 0.407 e. The molecule has 0 aliphatic heterocycles. The first-order chi connectivity index (χ1) is 7.47. The Morgan fingerprint density at radius 3 is 2.38 bits per heavy atom. The molecule has 0 aromatic carbocycles. The topological polar surface area (TPSA) is 113 Å². The summed E-state index contributed by atoms with van der Waals surface area (Å²) in [5.74, 6) is -2.21. The van der Waals surface area contributed by atoms with Crippen molar-refractivity contribution in [1.82, 2.24) is 5.32 Å². The predicted molar refractivity (Wildman–Crippen MR) is 53.1 cm³/mol. The lowest BCUT2D eigenvalue weighted by molar-refractivity contribution is -0.141. The second-order valence-corrected chi connectivity index (χ2v) is 3.04. The number of ether oxygens (including phenoxy) is 1. The highest BCUT2D eigenvalue weighted by molar-refractivity contribution is 5.79. The third-order valence-corrected chi connectivity index (χ3v) is 1.75. The van der Waals surface area contributed by atoms with Gasteiger partial charge in [0.05, 0.1) is 6.61 Å². The van der Waals surface area contributed by atoms with E-state index in [4.69, 9.17) is 10.2 Å². The van der Waals surface area contributed by atoms with Crippen LogP contribution in [0.15, 0.2) is 0 Å². The quantitative estimate of drug-likeness (QED) is 0.588. The molecule has 0 aliphatic rings. The fraction of sp³-hybridized carbons (Fsp3) is 0.667. The van der Waals surface area contributed by atoms with Crippen LogP contribution < -0.4 is 5.32 Å². The number of nitrogens with one attached hydrogen (secondary N) is 1. The fourth-order valence-corrected chi connectivity index (χ4v) is 1.03. The van der Waals surface area contributed by atoms with E-state index in [0.717, 1.165) is 0 Å². The maximum atomic E-state index is 10.9. The zero-order valence-electron chi connectivity index (χ0n) is 8.93. The molecule has 7 nitrogen and oxygen atoms in total. The fourth-order valence-electron chi connectivity index (χ4n) is 1.03. The zero-order chi connectivity index (χ0) is 12.6. The highest BCUT2D eigenvalue weighted by Crippen LogP contribution is 2.02. The molecule has 1 atom stereocenters. The van der Waals surface area contributed by atoms with Crippen molar-refractivity contribution >= 4 is 18.0 Å². The Morgan fingerprint density at radius 1 is 1.31 bits per heavy atom. The Bertz CT molecular complexity index is 265. The van der Waals surface area contributed by atoms with Crippen molar-refractivity contribution < 1.29 is 29.3 Å². The molecule has 1 unspecified atom stereocenters. The highest BCUT2D eigenvalue weighted by Gasteiger charge is 2.20. The molecule has 1 amide bonds. The highest BCUT2D eigenvalue weighted by atomic mass is 16.5. The molecule has 0 aliphatic carbocycles. The molecule has 92 valence electrons. The minimum atomic E-state index is -1.21. The molecule has 0 saturated carbocycles. The van der Waals surface area contributed by atoms with Gasteiger partial charge in [0, 0.05) is 6.42 Å². The summed E-state index contributed by atoms with van der Waals surface area (Å²) in [5.41, 5.74) is 0. The van der Waals surface area contributed by atoms with Crippen LogP contribution in [0.3, 0.4) is 0 Å². The summed E-state index contributed by atoms with van der Waals surface area (Å²) < 4.78 is 4.52. The van der Waals surface area contributed by atoms with Gasteiger partial charge in [0.2, 0.25) is 0 Å². The molecule has 0 heterocycles. The van der Waals surface area contributed by atoms with E-state index in [2.05, 4.69) is 10.1 Å². The molecule has 0 bridgehead atoms. The van der Waals surface area contributed by atoms with Gasteiger partial charge in [0.15, 0.2) is 0 Å². The van der Waals surface area contributed by atoms with Crippen LogP contribution in [0, 0.1) is 0 Å². The summed E-state index contributed by atoms with van der Waals surface area (Å²) >= 11 is 0. The normalized spacial score (nSPS) is 11.6. The SMILES string of the molecule is CCOC(=O)NC(CCCC(=O)O)C(=O)O. The number of carbonyl (C=O) groups excluding carboxylic acids is 1. The second-order valence-electron chi connectivity index (χ2n) is 3.04. The van der Waals surface area contributed by atoms with Crippen molar-refractivity contribution in [2.75, 3.05) is 6.61 Å². The molecule has 7 heteroatoms. The maximum absolute atomic E-state index is 10.9. The van der Waals surface area contributed by atoms with Crippen molar-refractivity contribution in [1.29, 1.82) is 0 Å². The van der Waals surface area contributed by atoms with E-state index < -0.39 is 24.1 Å². The number of carbonyl (C=O) groups is 3. The minimum Gasteiger partial charge on any atom is -0.481 e. The Hall–Kier alpha value is -1.79. The Morgan fingerprint density at radius 2 is 1.94 bits per heavy atom. The molecule has 0 radical (unpaired) electrons. The standard InChI is InChI=1S/C9H15NO6/c1-2-16-9(15)10-6(8(13)14)4-3-5-7(11)12/h6H,2-5H2,1H3,(H,10,15)(H,11,12)(H,13,14). The molecule has 0 aromatic heterocycles. The molecule has 0 saturated heterocycles. The molecular weight excluding hydrogens is 218 g/mol. The number of hydrogen-bond acceptors (Lipinski definition) is 4. The van der Waals surface area contributed by atoms with Gasteiger partial charge in [-0.05, 0) is 19.8 Å². The van der Waals surface area contributed by atoms with Gasteiger partial charge < -0.3 is 20.3 Å². The van der Waals surface area contributed by atoms with E-state index in [0.29, 0.717) is 0 Å². The summed E-state index contributed by atoms with van der Waals surface area (Å²) in [4.78, 5) is 31.9. The molecule has 0 fully saturated rings. The van der Waals surface area contributed by atoms with Crippen LogP contribution in [0.1, 0.15) is 26.2 Å². The van der Waals surface area contributed by atoms with Crippen LogP contribution >= 0.6 is 0 Å². The van der Waals surface area contributed by atoms with E-state index in [1.807, 2.05) is 0 Å². The van der Waals surface area contributed by atoms with Crippen LogP contribution in [0.25, 0.3) is 0 Å². The first-order valence-electron chi connectivity index (χ1n) is 4.85. The van der Waals surface area contributed by atoms with Crippen LogP contribution in [-0.4, -0.2) is 40.9 Å². The number of amides is 1. The molecule has 0 spiro atoms. The third-order valence-electron chi connectivity index (χ3n) is 1.75. The van der Waals surface area contributed by atoms with Crippen molar-refractivity contribution in [3.63, 3.8) is 0 Å². The first-order valence-corrected chi connectivity index (χ1v) is 4.85. The second kappa shape index (κ2) is 7.49. The van der Waals surface area contributed by atoms with Gasteiger partial charge >= 0.3 is 18.0 Å². The zero-order valence-corrected chi connectivity index (χ0v) is 8.93. The van der Waals surface area contributed by atoms with Gasteiger partial charge in [-0.15, -0.1) is 0 Å². The lowest BCUT2D eigenvalue weighted by Gasteiger charge is -2.13. The first kappa shape index (κ1) is 14.2. The van der Waals surface area contributed by atoms with Crippen molar-refractivity contribution in [3.8, 4) is 0 Å². The summed E-state index contributed by atoms with van der Waals surface area (Å²) in [6, 6.07) is -1.11. The third kappa shape index (κ3) is 6.63. The molecular formula is C9H15NO6. The summed E-state index contributed by atoms with van der Waals surface area (Å²) in [6.45, 7) is 1.74. The Labute approximate surface area is 92.4 Å². The van der Waals surface area contributed by atoms with Gasteiger partial charge in [0.25, 0.3) is 0 Å². The lowest BCUT2D eigenvalue weighted by atomic mass is 10.1. The Kier molecular flexibility index (Phi) is 6.66. The van der Waals surface area contributed by atoms with Gasteiger partial charge in [-0.3, -0.25) is 4.79 Å². The number of rotatable bonds is 7. The van der Waals surface area contributed by atoms with Crippen molar-refractivity contribution in [2.24, 2.45) is 0 Å². The van der Waals surface area contributed by atoms with Gasteiger partial charge in [-0.1, -0.05) is 0 Å². The molecule has 3 N–H and O–H groups in total. The average Bonchev–Trinajstić information content (AvgIpc) is 2.15. The molecule has 0 rings (SSSR count). The summed E-state index contributed by atoms with van der Waals surface area (Å²) in [6.07, 6.45) is -0.710. The number of hydrogen-bond donors (Lipinski definition) is 3. The van der Waals surface area contributed by atoms with Gasteiger partial charge in [0.1, 0.15) is 6.04 Å². The Balaban J connectivity index is 4.02. The maximum Gasteiger partial charge on any atom is 0.407 e. The van der Waals surface area contributed by atoms with Crippen molar-refractivity contribution in [3.05, 3.63) is 0 Å². The van der Waals surface area contributed by atoms with E-state index >= 15 is 0 Å². The number of carboxylic acids is 2. The lowest BCUT2D eigenvalue weighted by Crippen LogP contribution is -2.41. The van der Waals surface area contributed by atoms with Crippen LogP contribution in [-0.2, 0) is 14.3 Å². The monoisotopic (exact) mass is 233 g/mol. The van der Waals surface area contributed by atoms with E-state index in [1.165, 1.54) is 0 Å². The van der Waals surface area contributed by atoms with Gasteiger partial charge in [-0.2, -0.15) is 0 Å². The average molecular weight is 233 g/mol. The number of aliphatic carboxylic acids is 2. The van der Waals surface area contributed by atoms with E-state index in [1.54, 1.807) is 6.92 Å². The van der Waals surface area contributed by atoms with Crippen LogP contribution in [0.2, 0.25) is 0 Å². The predicted octanol–water partition coefficient (Wildman–Crippen LogP) is 0.441. The van der Waals surface area contributed by atoms with Crippen molar-refractivity contribution in [2.45, 2.75) is 32.2 Å². The van der Waals surface area contributed by atoms with E-state index in [9.17, 15) is 14.4 Å². The largest absolute Gasteiger partial charge is 0.481 e. The summed E-state index contributed by atoms with van der Waals surface area (Å²) in [5, 5.41) is 19.2. The molecule has 0 aromatic rings. The van der Waals surface area contributed by atoms with E-state index in [-0.39, 0.29) is 25.9 Å². The van der Waals surface area contributed by atoms with Crippen LogP contribution in [0.5, 0.6) is 0 Å². The minimum absolute atomic E-state index is 0.0560. The van der Waals surface area contributed by atoms with Gasteiger partial charge in [-0.25, -0.2) is 9.59 Å². The molecule has 16 heavy (non-hydrogen) atoms.